The topological polar surface area (TPSA) is 104 Å². The highest BCUT2D eigenvalue weighted by molar-refractivity contribution is 6.22. The molecule has 1 N–H and O–H groups in total. The Kier molecular flexibility index (Phi) is 6.87. The first kappa shape index (κ1) is 25.4. The lowest BCUT2D eigenvalue weighted by Crippen LogP contribution is -2.48. The Morgan fingerprint density at radius 1 is 1.14 bits per heavy atom. The molecule has 1 aromatic carbocycles. The largest absolute Gasteiger partial charge is 0.573 e. The Labute approximate surface area is 204 Å². The van der Waals surface area contributed by atoms with E-state index in [0.29, 0.717) is 31.9 Å². The van der Waals surface area contributed by atoms with Crippen molar-refractivity contribution in [3.8, 4) is 5.75 Å². The van der Waals surface area contributed by atoms with E-state index in [9.17, 15) is 27.6 Å². The molecule has 2 fully saturated rings. The summed E-state index contributed by atoms with van der Waals surface area (Å²) in [7, 11) is 0. The predicted octanol–water partition coefficient (Wildman–Crippen LogP) is 2.70. The molecule has 13 heteroatoms. The maximum absolute atomic E-state index is 13.2. The molecule has 0 unspecified atom stereocenters. The smallest absolute Gasteiger partial charge is 0.406 e. The van der Waals surface area contributed by atoms with Gasteiger partial charge >= 0.3 is 12.4 Å². The quantitative estimate of drug-likeness (QED) is 0.600. The van der Waals surface area contributed by atoms with Crippen LogP contribution in [-0.2, 0) is 16.1 Å². The maximum atomic E-state index is 13.2. The van der Waals surface area contributed by atoms with Gasteiger partial charge in [-0.25, -0.2) is 14.7 Å². The summed E-state index contributed by atoms with van der Waals surface area (Å²) < 4.78 is 46.4. The zero-order chi connectivity index (χ0) is 26.1. The van der Waals surface area contributed by atoms with Crippen LogP contribution >= 0.6 is 0 Å². The molecule has 4 amide bonds. The van der Waals surface area contributed by atoms with Crippen LogP contribution in [0.3, 0.4) is 0 Å². The second-order valence-electron chi connectivity index (χ2n) is 8.70. The van der Waals surface area contributed by atoms with Gasteiger partial charge in [-0.15, -0.1) is 13.2 Å². The van der Waals surface area contributed by atoms with Gasteiger partial charge in [0, 0.05) is 25.8 Å². The number of hydrazine groups is 1. The third-order valence-electron chi connectivity index (χ3n) is 5.82. The summed E-state index contributed by atoms with van der Waals surface area (Å²) >= 11 is 0. The Morgan fingerprint density at radius 2 is 1.81 bits per heavy atom. The number of alkyl halides is 3. The number of halogens is 3. The molecule has 2 aliphatic rings. The van der Waals surface area contributed by atoms with Crippen molar-refractivity contribution in [2.45, 2.75) is 32.3 Å². The van der Waals surface area contributed by atoms with Gasteiger partial charge in [0.25, 0.3) is 11.8 Å². The van der Waals surface area contributed by atoms with Crippen LogP contribution < -0.4 is 15.1 Å². The highest BCUT2D eigenvalue weighted by atomic mass is 19.4. The minimum atomic E-state index is -4.86. The van der Waals surface area contributed by atoms with Crippen LogP contribution in [0.4, 0.5) is 23.7 Å². The zero-order valence-corrected chi connectivity index (χ0v) is 19.5. The number of nitrogens with one attached hydrogen (secondary N) is 1. The van der Waals surface area contributed by atoms with Gasteiger partial charge in [0.2, 0.25) is 0 Å². The number of carbonyl (C=O) groups excluding carboxylic acids is 3. The fourth-order valence-corrected chi connectivity index (χ4v) is 3.88. The fourth-order valence-electron chi connectivity index (χ4n) is 3.88. The molecule has 0 saturated carbocycles. The van der Waals surface area contributed by atoms with E-state index in [4.69, 9.17) is 4.74 Å². The van der Waals surface area contributed by atoms with E-state index in [2.05, 4.69) is 15.1 Å². The number of amides is 4. The number of benzene rings is 1. The lowest BCUT2D eigenvalue weighted by molar-refractivity contribution is -0.274. The predicted molar refractivity (Wildman–Crippen MR) is 120 cm³/mol. The Balaban J connectivity index is 1.50. The van der Waals surface area contributed by atoms with E-state index in [1.807, 2.05) is 0 Å². The van der Waals surface area contributed by atoms with Gasteiger partial charge in [-0.05, 0) is 55.8 Å². The number of anilines is 1. The molecule has 3 heterocycles. The van der Waals surface area contributed by atoms with Gasteiger partial charge < -0.3 is 14.4 Å². The summed E-state index contributed by atoms with van der Waals surface area (Å²) in [5, 5.41) is 1.73. The minimum Gasteiger partial charge on any atom is -0.406 e. The van der Waals surface area contributed by atoms with Crippen LogP contribution in [0.25, 0.3) is 0 Å². The number of nitrogens with zero attached hydrogens (tertiary/aromatic N) is 4. The van der Waals surface area contributed by atoms with Gasteiger partial charge in [-0.3, -0.25) is 20.0 Å². The Bertz CT molecular complexity index is 1150. The zero-order valence-electron chi connectivity index (χ0n) is 19.5. The van der Waals surface area contributed by atoms with E-state index in [1.165, 1.54) is 29.3 Å². The number of ether oxygens (including phenoxy) is 2. The maximum Gasteiger partial charge on any atom is 0.573 e. The number of hydrogen-bond donors (Lipinski definition) is 1. The number of urea groups is 1. The number of pyridine rings is 1. The molecule has 0 aliphatic carbocycles. The molecule has 0 atom stereocenters. The van der Waals surface area contributed by atoms with Gasteiger partial charge in [0.1, 0.15) is 17.0 Å². The lowest BCUT2D eigenvalue weighted by atomic mass is 10.0. The number of imide groups is 1. The fraction of sp³-hybridized carbons (Fsp3) is 0.391. The molecule has 4 rings (SSSR count). The second-order valence-corrected chi connectivity index (χ2v) is 8.70. The van der Waals surface area contributed by atoms with E-state index in [-0.39, 0.29) is 17.9 Å². The standard InChI is InChI=1S/C23H24F3N5O5/c1-22(2)20(33)31(16-3-5-17(6-4-16)36-23(24,25)26)21(34)30(22)14-15-7-8-27-18(13-15)19(32)28-29-9-11-35-12-10-29/h3-8,13H,9-12,14H2,1-2H3,(H,28,32). The second kappa shape index (κ2) is 9.74. The van der Waals surface area contributed by atoms with Crippen molar-refractivity contribution in [1.82, 2.24) is 20.3 Å². The summed E-state index contributed by atoms with van der Waals surface area (Å²) in [5.41, 5.74) is 2.33. The van der Waals surface area contributed by atoms with Crippen LogP contribution in [-0.4, -0.2) is 70.9 Å². The molecule has 10 nitrogen and oxygen atoms in total. The van der Waals surface area contributed by atoms with E-state index in [1.54, 1.807) is 24.9 Å². The van der Waals surface area contributed by atoms with Crippen molar-refractivity contribution in [2.24, 2.45) is 0 Å². The average Bonchev–Trinajstić information content (AvgIpc) is 2.99. The first-order valence-electron chi connectivity index (χ1n) is 11.1. The summed E-state index contributed by atoms with van der Waals surface area (Å²) in [6, 6.07) is 6.99. The SMILES string of the molecule is CC1(C)C(=O)N(c2ccc(OC(F)(F)F)cc2)C(=O)N1Cc1ccnc(C(=O)NN2CCOCC2)c1. The summed E-state index contributed by atoms with van der Waals surface area (Å²) in [5.74, 6) is -1.43. The first-order chi connectivity index (χ1) is 17.0. The van der Waals surface area contributed by atoms with Gasteiger partial charge in [-0.2, -0.15) is 0 Å². The van der Waals surface area contributed by atoms with E-state index >= 15 is 0 Å². The highest BCUT2D eigenvalue weighted by Gasteiger charge is 2.51. The number of rotatable bonds is 6. The van der Waals surface area contributed by atoms with E-state index in [0.717, 1.165) is 17.0 Å². The third kappa shape index (κ3) is 5.41. The summed E-state index contributed by atoms with van der Waals surface area (Å²) in [6.07, 6.45) is -3.42. The Morgan fingerprint density at radius 3 is 2.44 bits per heavy atom. The molecule has 2 aromatic rings. The summed E-state index contributed by atoms with van der Waals surface area (Å²) in [4.78, 5) is 45.3. The van der Waals surface area contributed by atoms with Crippen molar-refractivity contribution in [3.05, 3.63) is 53.9 Å². The monoisotopic (exact) mass is 507 g/mol. The molecule has 0 radical (unpaired) electrons. The van der Waals surface area contributed by atoms with Crippen LogP contribution in [0.1, 0.15) is 29.9 Å². The van der Waals surface area contributed by atoms with Gasteiger partial charge in [0.05, 0.1) is 18.9 Å². The molecule has 1 aromatic heterocycles. The minimum absolute atomic E-state index is 0.00367. The molecule has 0 bridgehead atoms. The third-order valence-corrected chi connectivity index (χ3v) is 5.82. The van der Waals surface area contributed by atoms with Crippen molar-refractivity contribution < 1.29 is 37.0 Å². The average molecular weight is 507 g/mol. The molecular weight excluding hydrogens is 483 g/mol. The first-order valence-corrected chi connectivity index (χ1v) is 11.1. The number of hydrogen-bond acceptors (Lipinski definition) is 7. The number of morpholine rings is 1. The molecule has 2 saturated heterocycles. The van der Waals surface area contributed by atoms with Crippen molar-refractivity contribution >= 4 is 23.5 Å². The van der Waals surface area contributed by atoms with Crippen LogP contribution in [0.15, 0.2) is 42.6 Å². The molecular formula is C23H24F3N5O5. The van der Waals surface area contributed by atoms with Crippen molar-refractivity contribution in [2.75, 3.05) is 31.2 Å². The molecule has 192 valence electrons. The van der Waals surface area contributed by atoms with Crippen LogP contribution in [0.2, 0.25) is 0 Å². The van der Waals surface area contributed by atoms with Gasteiger partial charge in [-0.1, -0.05) is 0 Å². The molecule has 36 heavy (non-hydrogen) atoms. The Hall–Kier alpha value is -3.71. The van der Waals surface area contributed by atoms with Crippen molar-refractivity contribution in [3.63, 3.8) is 0 Å². The van der Waals surface area contributed by atoms with E-state index < -0.39 is 35.5 Å². The van der Waals surface area contributed by atoms with Crippen molar-refractivity contribution in [1.29, 1.82) is 0 Å². The van der Waals surface area contributed by atoms with Crippen LogP contribution in [0, 0.1) is 0 Å². The normalized spacial score (nSPS) is 18.5. The van der Waals surface area contributed by atoms with Crippen LogP contribution in [0.5, 0.6) is 5.75 Å². The molecule has 0 spiro atoms. The highest BCUT2D eigenvalue weighted by Crippen LogP contribution is 2.34. The number of carbonyl (C=O) groups is 3. The van der Waals surface area contributed by atoms with Gasteiger partial charge in [0.15, 0.2) is 0 Å². The summed E-state index contributed by atoms with van der Waals surface area (Å²) in [6.45, 7) is 5.24. The lowest BCUT2D eigenvalue weighted by Gasteiger charge is -2.28. The molecule has 2 aliphatic heterocycles. The number of aromatic nitrogens is 1.